The molecule has 1 fully saturated rings. The molecule has 1 N–H and O–H groups in total. The Hall–Kier alpha value is -1.93. The number of amides is 2. The molecule has 2 aliphatic rings. The molecule has 0 radical (unpaired) electrons. The summed E-state index contributed by atoms with van der Waals surface area (Å²) in [6.07, 6.45) is 0.364. The number of hydrogen-bond acceptors (Lipinski definition) is 5. The molecule has 0 bridgehead atoms. The summed E-state index contributed by atoms with van der Waals surface area (Å²) in [6, 6.07) is 6.16. The number of carbonyl (C=O) groups is 2. The van der Waals surface area contributed by atoms with E-state index in [2.05, 4.69) is 10.4 Å². The third-order valence-corrected chi connectivity index (χ3v) is 6.03. The van der Waals surface area contributed by atoms with Gasteiger partial charge in [0.25, 0.3) is 5.91 Å². The van der Waals surface area contributed by atoms with Gasteiger partial charge in [0.1, 0.15) is 0 Å². The minimum atomic E-state index is -3.11. The van der Waals surface area contributed by atoms with Crippen LogP contribution in [0.3, 0.4) is 0 Å². The Balaban J connectivity index is 1.74. The third-order valence-electron chi connectivity index (χ3n) is 4.02. The van der Waals surface area contributed by atoms with E-state index in [0.717, 1.165) is 5.01 Å². The first kappa shape index (κ1) is 16.9. The Morgan fingerprint density at radius 1 is 1.42 bits per heavy atom. The van der Waals surface area contributed by atoms with Crippen molar-refractivity contribution in [2.75, 3.05) is 16.5 Å². The van der Waals surface area contributed by atoms with Gasteiger partial charge in [0.2, 0.25) is 5.91 Å². The molecule has 128 valence electrons. The minimum absolute atomic E-state index is 0.0538. The molecule has 7 nitrogen and oxygen atoms in total. The highest BCUT2D eigenvalue weighted by molar-refractivity contribution is 7.91. The first-order valence-electron chi connectivity index (χ1n) is 7.42. The van der Waals surface area contributed by atoms with Crippen molar-refractivity contribution in [3.05, 3.63) is 29.3 Å². The van der Waals surface area contributed by atoms with Gasteiger partial charge in [-0.1, -0.05) is 17.7 Å². The Morgan fingerprint density at radius 2 is 2.17 bits per heavy atom. The van der Waals surface area contributed by atoms with E-state index in [1.54, 1.807) is 31.2 Å². The number of benzene rings is 1. The molecule has 2 heterocycles. The fourth-order valence-electron chi connectivity index (χ4n) is 2.85. The van der Waals surface area contributed by atoms with E-state index < -0.39 is 33.6 Å². The van der Waals surface area contributed by atoms with Crippen LogP contribution in [0.4, 0.5) is 5.69 Å². The van der Waals surface area contributed by atoms with E-state index in [9.17, 15) is 18.0 Å². The van der Waals surface area contributed by atoms with Crippen molar-refractivity contribution in [1.29, 1.82) is 0 Å². The second-order valence-corrected chi connectivity index (χ2v) is 8.58. The maximum absolute atomic E-state index is 12.6. The van der Waals surface area contributed by atoms with E-state index >= 15 is 0 Å². The Morgan fingerprint density at radius 3 is 2.79 bits per heavy atom. The summed E-state index contributed by atoms with van der Waals surface area (Å²) in [5.41, 5.74) is 0.837. The summed E-state index contributed by atoms with van der Waals surface area (Å²) in [5, 5.41) is 8.40. The van der Waals surface area contributed by atoms with Crippen molar-refractivity contribution in [2.45, 2.75) is 19.4 Å². The lowest BCUT2D eigenvalue weighted by atomic mass is 10.0. The van der Waals surface area contributed by atoms with Gasteiger partial charge in [0.15, 0.2) is 15.8 Å². The van der Waals surface area contributed by atoms with Gasteiger partial charge in [0, 0.05) is 11.1 Å². The van der Waals surface area contributed by atoms with Gasteiger partial charge in [0.05, 0.1) is 22.9 Å². The molecular weight excluding hydrogens is 354 g/mol. The molecule has 2 amide bonds. The SMILES string of the molecule is CC1=NN(c2cccc(Cl)c2)C(=O)[C@@H]1C(=O)N[C@@H]1CCS(=O)(=O)C1. The summed E-state index contributed by atoms with van der Waals surface area (Å²) < 4.78 is 23.0. The molecule has 0 saturated carbocycles. The summed E-state index contributed by atoms with van der Waals surface area (Å²) in [4.78, 5) is 25.0. The largest absolute Gasteiger partial charge is 0.351 e. The van der Waals surface area contributed by atoms with Crippen molar-refractivity contribution in [3.8, 4) is 0 Å². The highest BCUT2D eigenvalue weighted by atomic mass is 35.5. The molecule has 2 aliphatic heterocycles. The van der Waals surface area contributed by atoms with Gasteiger partial charge in [-0.15, -0.1) is 0 Å². The summed E-state index contributed by atoms with van der Waals surface area (Å²) in [6.45, 7) is 1.60. The van der Waals surface area contributed by atoms with E-state index in [1.165, 1.54) is 0 Å². The number of rotatable bonds is 3. The van der Waals surface area contributed by atoms with E-state index in [4.69, 9.17) is 11.6 Å². The predicted molar refractivity (Wildman–Crippen MR) is 90.7 cm³/mol. The van der Waals surface area contributed by atoms with Crippen LogP contribution in [-0.4, -0.2) is 43.5 Å². The van der Waals surface area contributed by atoms with Gasteiger partial charge in [-0.05, 0) is 31.5 Å². The highest BCUT2D eigenvalue weighted by Gasteiger charge is 2.41. The molecule has 24 heavy (non-hydrogen) atoms. The maximum atomic E-state index is 12.6. The summed E-state index contributed by atoms with van der Waals surface area (Å²) in [7, 11) is -3.11. The van der Waals surface area contributed by atoms with Crippen molar-refractivity contribution in [3.63, 3.8) is 0 Å². The first-order chi connectivity index (χ1) is 11.3. The van der Waals surface area contributed by atoms with Crippen molar-refractivity contribution in [1.82, 2.24) is 5.32 Å². The number of carbonyl (C=O) groups excluding carboxylic acids is 2. The number of sulfone groups is 1. The van der Waals surface area contributed by atoms with Gasteiger partial charge in [-0.25, -0.2) is 8.42 Å². The van der Waals surface area contributed by atoms with Gasteiger partial charge < -0.3 is 5.32 Å². The van der Waals surface area contributed by atoms with Crippen LogP contribution in [0, 0.1) is 5.92 Å². The molecule has 1 aromatic rings. The normalized spacial score (nSPS) is 25.7. The highest BCUT2D eigenvalue weighted by Crippen LogP contribution is 2.26. The molecule has 1 saturated heterocycles. The minimum Gasteiger partial charge on any atom is -0.351 e. The van der Waals surface area contributed by atoms with Crippen LogP contribution in [-0.2, 0) is 19.4 Å². The molecule has 0 aromatic heterocycles. The fourth-order valence-corrected chi connectivity index (χ4v) is 4.71. The smallest absolute Gasteiger partial charge is 0.265 e. The van der Waals surface area contributed by atoms with Gasteiger partial charge in [-0.2, -0.15) is 10.1 Å². The quantitative estimate of drug-likeness (QED) is 0.803. The van der Waals surface area contributed by atoms with E-state index in [1.807, 2.05) is 0 Å². The molecule has 1 aromatic carbocycles. The second-order valence-electron chi connectivity index (χ2n) is 5.91. The van der Waals surface area contributed by atoms with Crippen LogP contribution in [0.5, 0.6) is 0 Å². The van der Waals surface area contributed by atoms with Crippen LogP contribution in [0.2, 0.25) is 5.02 Å². The fraction of sp³-hybridized carbons (Fsp3) is 0.400. The Labute approximate surface area is 144 Å². The Bertz CT molecular complexity index is 837. The summed E-state index contributed by atoms with van der Waals surface area (Å²) >= 11 is 5.92. The second kappa shape index (κ2) is 6.18. The van der Waals surface area contributed by atoms with Crippen LogP contribution in [0.25, 0.3) is 0 Å². The number of hydrazone groups is 1. The standard InChI is InChI=1S/C15H16ClN3O4S/c1-9-13(14(20)17-11-5-6-24(22,23)8-11)15(21)19(18-9)12-4-2-3-10(16)7-12/h2-4,7,11,13H,5-6,8H2,1H3,(H,17,20)/t11-,13+/m1/s1. The number of nitrogens with one attached hydrogen (secondary N) is 1. The number of nitrogens with zero attached hydrogens (tertiary/aromatic N) is 2. The van der Waals surface area contributed by atoms with Gasteiger partial charge >= 0.3 is 0 Å². The third kappa shape index (κ3) is 3.29. The maximum Gasteiger partial charge on any atom is 0.265 e. The molecular formula is C15H16ClN3O4S. The zero-order valence-corrected chi connectivity index (χ0v) is 14.5. The van der Waals surface area contributed by atoms with Crippen molar-refractivity contribution < 1.29 is 18.0 Å². The molecule has 3 rings (SSSR count). The van der Waals surface area contributed by atoms with Crippen molar-refractivity contribution >= 4 is 44.7 Å². The Kier molecular flexibility index (Phi) is 4.35. The zero-order chi connectivity index (χ0) is 17.5. The average molecular weight is 370 g/mol. The zero-order valence-electron chi connectivity index (χ0n) is 12.9. The van der Waals surface area contributed by atoms with Crippen LogP contribution >= 0.6 is 11.6 Å². The summed E-state index contributed by atoms with van der Waals surface area (Å²) in [5.74, 6) is -2.08. The van der Waals surface area contributed by atoms with Crippen LogP contribution in [0.15, 0.2) is 29.4 Å². The average Bonchev–Trinajstić information content (AvgIpc) is 2.98. The lowest BCUT2D eigenvalue weighted by Gasteiger charge is -2.16. The monoisotopic (exact) mass is 369 g/mol. The number of anilines is 1. The first-order valence-corrected chi connectivity index (χ1v) is 9.62. The number of hydrogen-bond donors (Lipinski definition) is 1. The van der Waals surface area contributed by atoms with Gasteiger partial charge in [-0.3, -0.25) is 9.59 Å². The lowest BCUT2D eigenvalue weighted by Crippen LogP contribution is -2.44. The molecule has 2 atom stereocenters. The van der Waals surface area contributed by atoms with Crippen molar-refractivity contribution in [2.24, 2.45) is 11.0 Å². The molecule has 0 spiro atoms. The predicted octanol–water partition coefficient (Wildman–Crippen LogP) is 0.982. The van der Waals surface area contributed by atoms with E-state index in [0.29, 0.717) is 22.8 Å². The molecule has 0 aliphatic carbocycles. The molecule has 9 heteroatoms. The number of halogens is 1. The topological polar surface area (TPSA) is 95.9 Å². The molecule has 0 unspecified atom stereocenters. The lowest BCUT2D eigenvalue weighted by molar-refractivity contribution is -0.130. The van der Waals surface area contributed by atoms with Crippen LogP contribution < -0.4 is 10.3 Å². The van der Waals surface area contributed by atoms with Crippen LogP contribution in [0.1, 0.15) is 13.3 Å². The van der Waals surface area contributed by atoms with E-state index in [-0.39, 0.29) is 11.5 Å².